The van der Waals surface area contributed by atoms with E-state index in [1.54, 1.807) is 6.07 Å². The predicted octanol–water partition coefficient (Wildman–Crippen LogP) is 2.00. The highest BCUT2D eigenvalue weighted by Gasteiger charge is 2.39. The molecule has 2 heterocycles. The summed E-state index contributed by atoms with van der Waals surface area (Å²) in [5, 5.41) is 3.08. The fourth-order valence-electron chi connectivity index (χ4n) is 1.69. The first-order valence-electron chi connectivity index (χ1n) is 5.04. The van der Waals surface area contributed by atoms with Gasteiger partial charge in [-0.2, -0.15) is 13.2 Å². The van der Waals surface area contributed by atoms with Crippen LogP contribution in [0.4, 0.5) is 18.9 Å². The van der Waals surface area contributed by atoms with E-state index >= 15 is 0 Å². The summed E-state index contributed by atoms with van der Waals surface area (Å²) < 4.78 is 37.2. The second-order valence-corrected chi connectivity index (χ2v) is 3.78. The van der Waals surface area contributed by atoms with E-state index in [0.29, 0.717) is 12.1 Å². The molecule has 88 valence electrons. The molecule has 3 N–H and O–H groups in total. The molecule has 1 aromatic heterocycles. The molecule has 0 saturated carbocycles. The van der Waals surface area contributed by atoms with Crippen LogP contribution in [-0.2, 0) is 6.42 Å². The van der Waals surface area contributed by atoms with Gasteiger partial charge in [0, 0.05) is 6.54 Å². The van der Waals surface area contributed by atoms with Crippen LogP contribution >= 0.6 is 0 Å². The molecular weight excluding hydrogens is 219 g/mol. The number of nitrogens with zero attached hydrogens (tertiary/aromatic N) is 1. The average molecular weight is 231 g/mol. The highest BCUT2D eigenvalue weighted by atomic mass is 19.4. The van der Waals surface area contributed by atoms with Crippen LogP contribution in [0.2, 0.25) is 0 Å². The maximum atomic E-state index is 12.4. The topological polar surface area (TPSA) is 50.9 Å². The number of halogens is 3. The van der Waals surface area contributed by atoms with Gasteiger partial charge in [-0.05, 0) is 25.0 Å². The molecule has 1 aliphatic heterocycles. The molecule has 2 rings (SSSR count). The van der Waals surface area contributed by atoms with E-state index in [-0.39, 0.29) is 5.69 Å². The molecular formula is C10H12F3N3. The third-order valence-electron chi connectivity index (χ3n) is 2.57. The zero-order chi connectivity index (χ0) is 11.8. The van der Waals surface area contributed by atoms with Crippen LogP contribution in [0.3, 0.4) is 0 Å². The Hall–Kier alpha value is -1.30. The van der Waals surface area contributed by atoms with Crippen molar-refractivity contribution in [1.29, 1.82) is 0 Å². The van der Waals surface area contributed by atoms with Crippen molar-refractivity contribution in [1.82, 2.24) is 4.98 Å². The van der Waals surface area contributed by atoms with Gasteiger partial charge in [0.25, 0.3) is 0 Å². The SMILES string of the molecule is NC(c1ccc2c(n1)CCCN2)C(F)(F)F. The van der Waals surface area contributed by atoms with Crippen molar-refractivity contribution >= 4 is 5.69 Å². The largest absolute Gasteiger partial charge is 0.409 e. The third kappa shape index (κ3) is 2.11. The number of fused-ring (bicyclic) bond motifs is 1. The van der Waals surface area contributed by atoms with E-state index in [1.165, 1.54) is 6.07 Å². The van der Waals surface area contributed by atoms with Gasteiger partial charge in [0.2, 0.25) is 0 Å². The summed E-state index contributed by atoms with van der Waals surface area (Å²) in [6.07, 6.45) is -2.87. The molecule has 16 heavy (non-hydrogen) atoms. The first-order chi connectivity index (χ1) is 7.48. The lowest BCUT2D eigenvalue weighted by Gasteiger charge is -2.20. The Morgan fingerprint density at radius 2 is 2.12 bits per heavy atom. The number of nitrogens with two attached hydrogens (primary N) is 1. The van der Waals surface area contributed by atoms with Gasteiger partial charge in [-0.3, -0.25) is 4.98 Å². The molecule has 0 amide bonds. The van der Waals surface area contributed by atoms with Crippen LogP contribution < -0.4 is 11.1 Å². The summed E-state index contributed by atoms with van der Waals surface area (Å²) in [6.45, 7) is 0.833. The number of anilines is 1. The summed E-state index contributed by atoms with van der Waals surface area (Å²) in [4.78, 5) is 3.97. The number of alkyl halides is 3. The summed E-state index contributed by atoms with van der Waals surface area (Å²) in [5.74, 6) is 0. The average Bonchev–Trinajstić information content (AvgIpc) is 2.26. The minimum atomic E-state index is -4.44. The standard InChI is InChI=1S/C10H12F3N3/c11-10(12,13)9(14)8-4-3-6-7(16-8)2-1-5-15-6/h3-4,9,15H,1-2,5,14H2. The molecule has 1 unspecified atom stereocenters. The monoisotopic (exact) mass is 231 g/mol. The summed E-state index contributed by atoms with van der Waals surface area (Å²) in [6, 6.07) is 0.942. The number of aryl methyl sites for hydroxylation is 1. The van der Waals surface area contributed by atoms with E-state index in [4.69, 9.17) is 5.73 Å². The van der Waals surface area contributed by atoms with Gasteiger partial charge >= 0.3 is 6.18 Å². The van der Waals surface area contributed by atoms with Crippen molar-refractivity contribution in [3.05, 3.63) is 23.5 Å². The van der Waals surface area contributed by atoms with E-state index in [9.17, 15) is 13.2 Å². The molecule has 0 fully saturated rings. The van der Waals surface area contributed by atoms with Crippen molar-refractivity contribution in [3.8, 4) is 0 Å². The van der Waals surface area contributed by atoms with Gasteiger partial charge in [0.1, 0.15) is 6.04 Å². The van der Waals surface area contributed by atoms with E-state index < -0.39 is 12.2 Å². The van der Waals surface area contributed by atoms with Gasteiger partial charge in [-0.1, -0.05) is 0 Å². The lowest BCUT2D eigenvalue weighted by molar-refractivity contribution is -0.150. The molecule has 0 saturated heterocycles. The molecule has 1 aliphatic rings. The third-order valence-corrected chi connectivity index (χ3v) is 2.57. The van der Waals surface area contributed by atoms with Gasteiger partial charge in [0.15, 0.2) is 0 Å². The Morgan fingerprint density at radius 3 is 2.81 bits per heavy atom. The number of nitrogens with one attached hydrogen (secondary N) is 1. The second kappa shape index (κ2) is 3.93. The number of aromatic nitrogens is 1. The van der Waals surface area contributed by atoms with E-state index in [2.05, 4.69) is 10.3 Å². The highest BCUT2D eigenvalue weighted by Crippen LogP contribution is 2.31. The van der Waals surface area contributed by atoms with Gasteiger partial charge in [0.05, 0.1) is 17.1 Å². The Balaban J connectivity index is 2.30. The van der Waals surface area contributed by atoms with E-state index in [1.807, 2.05) is 0 Å². The van der Waals surface area contributed by atoms with Gasteiger partial charge in [-0.15, -0.1) is 0 Å². The lowest BCUT2D eigenvalue weighted by Crippen LogP contribution is -2.30. The second-order valence-electron chi connectivity index (χ2n) is 3.78. The van der Waals surface area contributed by atoms with Crippen molar-refractivity contribution < 1.29 is 13.2 Å². The molecule has 1 aromatic rings. The number of hydrogen-bond acceptors (Lipinski definition) is 3. The van der Waals surface area contributed by atoms with Crippen LogP contribution in [0.15, 0.2) is 12.1 Å². The lowest BCUT2D eigenvalue weighted by atomic mass is 10.1. The van der Waals surface area contributed by atoms with Crippen LogP contribution in [0.1, 0.15) is 23.9 Å². The van der Waals surface area contributed by atoms with Crippen LogP contribution in [0.5, 0.6) is 0 Å². The maximum absolute atomic E-state index is 12.4. The van der Waals surface area contributed by atoms with Gasteiger partial charge < -0.3 is 11.1 Å². The maximum Gasteiger partial charge on any atom is 0.409 e. The zero-order valence-corrected chi connectivity index (χ0v) is 8.51. The van der Waals surface area contributed by atoms with Crippen LogP contribution in [-0.4, -0.2) is 17.7 Å². The first-order valence-corrected chi connectivity index (χ1v) is 5.04. The first kappa shape index (κ1) is 11.2. The predicted molar refractivity (Wildman–Crippen MR) is 54.0 cm³/mol. The smallest absolute Gasteiger partial charge is 0.384 e. The van der Waals surface area contributed by atoms with E-state index in [0.717, 1.165) is 18.7 Å². The fraction of sp³-hybridized carbons (Fsp3) is 0.500. The molecule has 0 radical (unpaired) electrons. The molecule has 0 bridgehead atoms. The van der Waals surface area contributed by atoms with Gasteiger partial charge in [-0.25, -0.2) is 0 Å². The number of rotatable bonds is 1. The summed E-state index contributed by atoms with van der Waals surface area (Å²) in [7, 11) is 0. The van der Waals surface area contributed by atoms with Crippen molar-refractivity contribution in [2.45, 2.75) is 25.1 Å². The van der Waals surface area contributed by atoms with Crippen LogP contribution in [0.25, 0.3) is 0 Å². The normalized spacial score (nSPS) is 17.5. The molecule has 1 atom stereocenters. The quantitative estimate of drug-likeness (QED) is 0.777. The molecule has 0 aliphatic carbocycles. The molecule has 0 aromatic carbocycles. The summed E-state index contributed by atoms with van der Waals surface area (Å²) >= 11 is 0. The Morgan fingerprint density at radius 1 is 1.38 bits per heavy atom. The zero-order valence-electron chi connectivity index (χ0n) is 8.51. The van der Waals surface area contributed by atoms with Crippen molar-refractivity contribution in [2.24, 2.45) is 5.73 Å². The Kier molecular flexibility index (Phi) is 2.75. The highest BCUT2D eigenvalue weighted by molar-refractivity contribution is 5.50. The fourth-order valence-corrected chi connectivity index (χ4v) is 1.69. The van der Waals surface area contributed by atoms with Crippen LogP contribution in [0, 0.1) is 0 Å². The Bertz CT molecular complexity index is 389. The number of pyridine rings is 1. The molecule has 6 heteroatoms. The molecule has 3 nitrogen and oxygen atoms in total. The summed E-state index contributed by atoms with van der Waals surface area (Å²) in [5.41, 5.74) is 6.46. The van der Waals surface area contributed by atoms with Crippen molar-refractivity contribution in [2.75, 3.05) is 11.9 Å². The number of hydrogen-bond donors (Lipinski definition) is 2. The Labute approximate surface area is 90.9 Å². The minimum absolute atomic E-state index is 0.116. The molecule has 0 spiro atoms. The van der Waals surface area contributed by atoms with Crippen molar-refractivity contribution in [3.63, 3.8) is 0 Å². The minimum Gasteiger partial charge on any atom is -0.384 e.